The van der Waals surface area contributed by atoms with Gasteiger partial charge >= 0.3 is 0 Å². The molecule has 0 radical (unpaired) electrons. The van der Waals surface area contributed by atoms with Gasteiger partial charge in [0.2, 0.25) is 10.0 Å². The molecule has 3 rings (SSSR count). The number of carbonyl (C=O) groups excluding carboxylic acids is 1. The predicted molar refractivity (Wildman–Crippen MR) is 118 cm³/mol. The zero-order valence-corrected chi connectivity index (χ0v) is 19.5. The third-order valence-corrected chi connectivity index (χ3v) is 7.67. The van der Waals surface area contributed by atoms with Crippen molar-refractivity contribution in [2.75, 3.05) is 27.3 Å². The van der Waals surface area contributed by atoms with Crippen LogP contribution in [0.1, 0.15) is 41.7 Å². The van der Waals surface area contributed by atoms with Gasteiger partial charge in [0.25, 0.3) is 5.91 Å². The molecule has 1 heterocycles. The lowest BCUT2D eigenvalue weighted by molar-refractivity contribution is 0.0939. The topological polar surface area (TPSA) is 84.9 Å². The van der Waals surface area contributed by atoms with Crippen molar-refractivity contribution in [3.05, 3.63) is 52.0 Å². The average Bonchev–Trinajstić information content (AvgIpc) is 3.29. The molecule has 2 aromatic rings. The van der Waals surface area contributed by atoms with Crippen LogP contribution in [0.15, 0.2) is 45.8 Å². The summed E-state index contributed by atoms with van der Waals surface area (Å²) in [7, 11) is -0.719. The molecule has 1 atom stereocenters. The van der Waals surface area contributed by atoms with Crippen molar-refractivity contribution in [2.24, 2.45) is 0 Å². The van der Waals surface area contributed by atoms with E-state index in [9.17, 15) is 13.2 Å². The van der Waals surface area contributed by atoms with Gasteiger partial charge in [0, 0.05) is 18.7 Å². The van der Waals surface area contributed by atoms with E-state index in [0.717, 1.165) is 22.9 Å². The molecule has 1 aliphatic heterocycles. The highest BCUT2D eigenvalue weighted by molar-refractivity contribution is 9.10. The minimum atomic E-state index is -3.72. The molecule has 0 bridgehead atoms. The van der Waals surface area contributed by atoms with E-state index in [2.05, 4.69) is 21.2 Å². The summed E-state index contributed by atoms with van der Waals surface area (Å²) < 4.78 is 38.8. The minimum absolute atomic E-state index is 0.0133. The zero-order valence-electron chi connectivity index (χ0n) is 17.1. The Kier molecular flexibility index (Phi) is 7.05. The first-order valence-corrected chi connectivity index (χ1v) is 11.8. The number of benzene rings is 2. The molecule has 1 unspecified atom stereocenters. The van der Waals surface area contributed by atoms with Crippen LogP contribution in [0.5, 0.6) is 11.5 Å². The van der Waals surface area contributed by atoms with E-state index >= 15 is 0 Å². The quantitative estimate of drug-likeness (QED) is 0.630. The summed E-state index contributed by atoms with van der Waals surface area (Å²) in [5.41, 5.74) is 1.14. The maximum absolute atomic E-state index is 13.0. The van der Waals surface area contributed by atoms with E-state index in [4.69, 9.17) is 9.47 Å². The summed E-state index contributed by atoms with van der Waals surface area (Å²) in [4.78, 5) is 12.9. The van der Waals surface area contributed by atoms with Gasteiger partial charge in [-0.3, -0.25) is 4.79 Å². The molecule has 7 nitrogen and oxygen atoms in total. The number of rotatable bonds is 7. The van der Waals surface area contributed by atoms with Gasteiger partial charge in [0.05, 0.1) is 24.7 Å². The van der Waals surface area contributed by atoms with Crippen LogP contribution in [-0.4, -0.2) is 45.9 Å². The highest BCUT2D eigenvalue weighted by Crippen LogP contribution is 2.31. The second-order valence-electron chi connectivity index (χ2n) is 7.07. The van der Waals surface area contributed by atoms with Gasteiger partial charge in [0.1, 0.15) is 16.4 Å². The van der Waals surface area contributed by atoms with Crippen LogP contribution in [0.4, 0.5) is 0 Å². The lowest BCUT2D eigenvalue weighted by atomic mass is 10.1. The summed E-state index contributed by atoms with van der Waals surface area (Å²) in [5, 5.41) is 2.91. The van der Waals surface area contributed by atoms with Crippen LogP contribution in [0.25, 0.3) is 0 Å². The monoisotopic (exact) mass is 496 g/mol. The molecular formula is C21H25BrN2O5S. The maximum atomic E-state index is 13.0. The molecule has 0 spiro atoms. The van der Waals surface area contributed by atoms with Crippen molar-refractivity contribution >= 4 is 31.9 Å². The number of nitrogens with one attached hydrogen (secondary N) is 1. The number of methoxy groups -OCH3 is 2. The van der Waals surface area contributed by atoms with Crippen molar-refractivity contribution in [1.29, 1.82) is 0 Å². The van der Waals surface area contributed by atoms with Gasteiger partial charge in [-0.15, -0.1) is 0 Å². The molecule has 2 aromatic carbocycles. The molecule has 0 aromatic heterocycles. The van der Waals surface area contributed by atoms with E-state index in [1.54, 1.807) is 13.2 Å². The van der Waals surface area contributed by atoms with Gasteiger partial charge in [-0.05, 0) is 71.6 Å². The number of amides is 1. The predicted octanol–water partition coefficient (Wildman–Crippen LogP) is 3.74. The summed E-state index contributed by atoms with van der Waals surface area (Å²) in [6, 6.07) is 9.74. The Balaban J connectivity index is 1.85. The van der Waals surface area contributed by atoms with E-state index in [1.165, 1.54) is 23.5 Å². The van der Waals surface area contributed by atoms with Crippen LogP contribution >= 0.6 is 15.9 Å². The van der Waals surface area contributed by atoms with E-state index in [1.807, 2.05) is 25.1 Å². The maximum Gasteiger partial charge on any atom is 0.251 e. The normalized spacial score (nSPS) is 15.6. The Morgan fingerprint density at radius 3 is 2.30 bits per heavy atom. The van der Waals surface area contributed by atoms with Crippen molar-refractivity contribution < 1.29 is 22.7 Å². The number of halogens is 1. The number of nitrogens with zero attached hydrogens (tertiary/aromatic N) is 1. The molecule has 1 fully saturated rings. The fraction of sp³-hybridized carbons (Fsp3) is 0.381. The van der Waals surface area contributed by atoms with Crippen LogP contribution < -0.4 is 14.8 Å². The standard InChI is InChI=1S/C21H25BrN2O5S/c1-14(15-6-8-18(28-2)17(22)12-15)23-21(25)16-7-9-19(29-3)20(13-16)30(26,27)24-10-4-5-11-24/h6-9,12-14H,4-5,10-11H2,1-3H3,(H,23,25). The number of hydrogen-bond acceptors (Lipinski definition) is 5. The van der Waals surface area contributed by atoms with E-state index in [0.29, 0.717) is 18.8 Å². The van der Waals surface area contributed by atoms with Crippen molar-refractivity contribution in [3.63, 3.8) is 0 Å². The molecule has 1 saturated heterocycles. The van der Waals surface area contributed by atoms with Crippen LogP contribution in [0, 0.1) is 0 Å². The SMILES string of the molecule is COc1ccc(C(C)NC(=O)c2ccc(OC)c(S(=O)(=O)N3CCCC3)c2)cc1Br. The lowest BCUT2D eigenvalue weighted by Crippen LogP contribution is -2.29. The van der Waals surface area contributed by atoms with Crippen molar-refractivity contribution in [3.8, 4) is 11.5 Å². The fourth-order valence-electron chi connectivity index (χ4n) is 3.40. The Bertz CT molecular complexity index is 1040. The molecular weight excluding hydrogens is 472 g/mol. The number of sulfonamides is 1. The molecule has 1 aliphatic rings. The molecule has 162 valence electrons. The number of carbonyl (C=O) groups is 1. The smallest absolute Gasteiger partial charge is 0.251 e. The van der Waals surface area contributed by atoms with Gasteiger partial charge in [-0.1, -0.05) is 6.07 Å². The van der Waals surface area contributed by atoms with Crippen molar-refractivity contribution in [1.82, 2.24) is 9.62 Å². The Labute approximate surface area is 185 Å². The van der Waals surface area contributed by atoms with Gasteiger partial charge < -0.3 is 14.8 Å². The lowest BCUT2D eigenvalue weighted by Gasteiger charge is -2.19. The molecule has 1 amide bonds. The number of hydrogen-bond donors (Lipinski definition) is 1. The molecule has 0 saturated carbocycles. The highest BCUT2D eigenvalue weighted by Gasteiger charge is 2.30. The van der Waals surface area contributed by atoms with Crippen LogP contribution in [0.2, 0.25) is 0 Å². The molecule has 30 heavy (non-hydrogen) atoms. The van der Waals surface area contributed by atoms with Crippen LogP contribution in [-0.2, 0) is 10.0 Å². The van der Waals surface area contributed by atoms with Gasteiger partial charge in [-0.25, -0.2) is 8.42 Å². The molecule has 0 aliphatic carbocycles. The van der Waals surface area contributed by atoms with Crippen molar-refractivity contribution in [2.45, 2.75) is 30.7 Å². The van der Waals surface area contributed by atoms with E-state index in [-0.39, 0.29) is 28.2 Å². The first kappa shape index (κ1) is 22.6. The average molecular weight is 497 g/mol. The largest absolute Gasteiger partial charge is 0.496 e. The number of ether oxygens (including phenoxy) is 2. The first-order chi connectivity index (χ1) is 14.3. The third kappa shape index (κ3) is 4.63. The third-order valence-electron chi connectivity index (χ3n) is 5.13. The molecule has 1 N–H and O–H groups in total. The fourth-order valence-corrected chi connectivity index (χ4v) is 5.66. The highest BCUT2D eigenvalue weighted by atomic mass is 79.9. The zero-order chi connectivity index (χ0) is 21.9. The second-order valence-corrected chi connectivity index (χ2v) is 9.83. The summed E-state index contributed by atoms with van der Waals surface area (Å²) >= 11 is 3.44. The first-order valence-electron chi connectivity index (χ1n) is 9.60. The summed E-state index contributed by atoms with van der Waals surface area (Å²) in [6.07, 6.45) is 1.66. The molecule has 9 heteroatoms. The Morgan fingerprint density at radius 2 is 1.70 bits per heavy atom. The van der Waals surface area contributed by atoms with Gasteiger partial charge in [-0.2, -0.15) is 4.31 Å². The van der Waals surface area contributed by atoms with Crippen LogP contribution in [0.3, 0.4) is 0 Å². The van der Waals surface area contributed by atoms with E-state index < -0.39 is 10.0 Å². The summed E-state index contributed by atoms with van der Waals surface area (Å²) in [5.74, 6) is 0.560. The Hall–Kier alpha value is -2.10. The Morgan fingerprint density at radius 1 is 1.07 bits per heavy atom. The van der Waals surface area contributed by atoms with Gasteiger partial charge in [0.15, 0.2) is 0 Å². The summed E-state index contributed by atoms with van der Waals surface area (Å²) in [6.45, 7) is 2.81. The minimum Gasteiger partial charge on any atom is -0.496 e. The second kappa shape index (κ2) is 9.36.